The van der Waals surface area contributed by atoms with Crippen LogP contribution in [0.3, 0.4) is 0 Å². The summed E-state index contributed by atoms with van der Waals surface area (Å²) in [6.45, 7) is 1.86. The number of aryl methyl sites for hydroxylation is 1. The van der Waals surface area contributed by atoms with E-state index >= 15 is 0 Å². The van der Waals surface area contributed by atoms with E-state index < -0.39 is 0 Å². The molecule has 15 heavy (non-hydrogen) atoms. The van der Waals surface area contributed by atoms with Gasteiger partial charge in [-0.2, -0.15) is 0 Å². The number of carbonyl (C=O) groups excluding carboxylic acids is 1. The molecular formula is C11H10ClNO2. The van der Waals surface area contributed by atoms with Crippen LogP contribution in [0.4, 0.5) is 0 Å². The molecule has 4 heteroatoms. The second-order valence-corrected chi connectivity index (χ2v) is 3.70. The van der Waals surface area contributed by atoms with Gasteiger partial charge in [0.05, 0.1) is 23.2 Å². The van der Waals surface area contributed by atoms with Crippen LogP contribution in [0.2, 0.25) is 5.02 Å². The number of benzene rings is 1. The van der Waals surface area contributed by atoms with Crippen LogP contribution in [0.1, 0.15) is 15.9 Å². The molecule has 0 saturated carbocycles. The summed E-state index contributed by atoms with van der Waals surface area (Å²) in [7, 11) is 1.36. The Morgan fingerprint density at radius 2 is 2.27 bits per heavy atom. The van der Waals surface area contributed by atoms with Gasteiger partial charge in [0, 0.05) is 11.6 Å². The van der Waals surface area contributed by atoms with E-state index in [0.717, 1.165) is 16.5 Å². The Kier molecular flexibility index (Phi) is 2.40. The molecule has 0 aliphatic heterocycles. The van der Waals surface area contributed by atoms with Crippen LogP contribution in [0.15, 0.2) is 18.3 Å². The topological polar surface area (TPSA) is 42.1 Å². The summed E-state index contributed by atoms with van der Waals surface area (Å²) in [5.74, 6) is -0.370. The lowest BCUT2D eigenvalue weighted by molar-refractivity contribution is 0.0600. The lowest BCUT2D eigenvalue weighted by atomic mass is 10.1. The molecule has 0 atom stereocenters. The molecule has 0 bridgehead atoms. The predicted molar refractivity (Wildman–Crippen MR) is 59.4 cm³/mol. The molecule has 2 aromatic rings. The first-order valence-corrected chi connectivity index (χ1v) is 4.87. The van der Waals surface area contributed by atoms with E-state index in [9.17, 15) is 4.79 Å². The summed E-state index contributed by atoms with van der Waals surface area (Å²) >= 11 is 6.05. The summed E-state index contributed by atoms with van der Waals surface area (Å²) in [6.07, 6.45) is 1.80. The third-order valence-corrected chi connectivity index (χ3v) is 2.77. The number of H-pyrrole nitrogens is 1. The fraction of sp³-hybridized carbons (Fsp3) is 0.182. The molecule has 0 spiro atoms. The van der Waals surface area contributed by atoms with E-state index in [0.29, 0.717) is 10.6 Å². The van der Waals surface area contributed by atoms with Gasteiger partial charge < -0.3 is 9.72 Å². The summed E-state index contributed by atoms with van der Waals surface area (Å²) in [5, 5.41) is 1.47. The molecule has 1 aromatic heterocycles. The van der Waals surface area contributed by atoms with Crippen molar-refractivity contribution in [2.75, 3.05) is 7.11 Å². The predicted octanol–water partition coefficient (Wildman–Crippen LogP) is 2.92. The molecule has 0 aliphatic carbocycles. The zero-order valence-electron chi connectivity index (χ0n) is 8.43. The second-order valence-electron chi connectivity index (χ2n) is 3.29. The van der Waals surface area contributed by atoms with Crippen LogP contribution in [0.5, 0.6) is 0 Å². The zero-order chi connectivity index (χ0) is 11.0. The Hall–Kier alpha value is -1.48. The lowest BCUT2D eigenvalue weighted by Crippen LogP contribution is -2.04. The number of methoxy groups -OCH3 is 1. The fourth-order valence-electron chi connectivity index (χ4n) is 1.65. The van der Waals surface area contributed by atoms with E-state index in [2.05, 4.69) is 9.72 Å². The Bertz CT molecular complexity index is 531. The number of carbonyl (C=O) groups is 1. The standard InChI is InChI=1S/C11H10ClNO2/c1-6-8(11(14)15-2)5-9(12)7-3-4-13-10(6)7/h3-5,13H,1-2H3. The monoisotopic (exact) mass is 223 g/mol. The van der Waals surface area contributed by atoms with Crippen LogP contribution in [-0.4, -0.2) is 18.1 Å². The number of aromatic amines is 1. The number of fused-ring (bicyclic) bond motifs is 1. The highest BCUT2D eigenvalue weighted by molar-refractivity contribution is 6.36. The van der Waals surface area contributed by atoms with Gasteiger partial charge >= 0.3 is 5.97 Å². The van der Waals surface area contributed by atoms with E-state index in [1.54, 1.807) is 12.3 Å². The highest BCUT2D eigenvalue weighted by Crippen LogP contribution is 2.28. The Morgan fingerprint density at radius 1 is 1.53 bits per heavy atom. The first-order valence-electron chi connectivity index (χ1n) is 4.49. The average molecular weight is 224 g/mol. The van der Waals surface area contributed by atoms with Crippen LogP contribution in [-0.2, 0) is 4.74 Å². The molecule has 0 radical (unpaired) electrons. The summed E-state index contributed by atoms with van der Waals surface area (Å²) in [6, 6.07) is 3.52. The third-order valence-electron chi connectivity index (χ3n) is 2.46. The molecule has 0 fully saturated rings. The number of hydrogen-bond acceptors (Lipinski definition) is 2. The molecule has 2 rings (SSSR count). The Morgan fingerprint density at radius 3 is 2.93 bits per heavy atom. The molecule has 78 valence electrons. The first kappa shape index (κ1) is 10.1. The molecular weight excluding hydrogens is 214 g/mol. The van der Waals surface area contributed by atoms with Gasteiger partial charge in [-0.15, -0.1) is 0 Å². The molecule has 1 aromatic carbocycles. The number of ether oxygens (including phenoxy) is 1. The van der Waals surface area contributed by atoms with Gasteiger partial charge in [-0.05, 0) is 24.6 Å². The van der Waals surface area contributed by atoms with Crippen LogP contribution in [0.25, 0.3) is 10.9 Å². The van der Waals surface area contributed by atoms with Crippen molar-refractivity contribution in [3.05, 3.63) is 34.5 Å². The maximum absolute atomic E-state index is 11.5. The normalized spacial score (nSPS) is 10.6. The van der Waals surface area contributed by atoms with Gasteiger partial charge in [0.1, 0.15) is 0 Å². The fourth-order valence-corrected chi connectivity index (χ4v) is 1.91. The van der Waals surface area contributed by atoms with Crippen LogP contribution < -0.4 is 0 Å². The number of esters is 1. The van der Waals surface area contributed by atoms with Crippen molar-refractivity contribution >= 4 is 28.5 Å². The van der Waals surface area contributed by atoms with Gasteiger partial charge in [-0.3, -0.25) is 0 Å². The van der Waals surface area contributed by atoms with Gasteiger partial charge in [0.25, 0.3) is 0 Å². The van der Waals surface area contributed by atoms with Crippen molar-refractivity contribution in [3.63, 3.8) is 0 Å². The number of aromatic nitrogens is 1. The van der Waals surface area contributed by atoms with Gasteiger partial charge in [0.2, 0.25) is 0 Å². The quantitative estimate of drug-likeness (QED) is 0.756. The largest absolute Gasteiger partial charge is 0.465 e. The van der Waals surface area contributed by atoms with E-state index in [1.165, 1.54) is 7.11 Å². The highest BCUT2D eigenvalue weighted by Gasteiger charge is 2.14. The maximum atomic E-state index is 11.5. The van der Waals surface area contributed by atoms with Crippen molar-refractivity contribution in [3.8, 4) is 0 Å². The van der Waals surface area contributed by atoms with E-state index in [1.807, 2.05) is 13.0 Å². The summed E-state index contributed by atoms with van der Waals surface area (Å²) < 4.78 is 4.69. The van der Waals surface area contributed by atoms with Gasteiger partial charge in [0.15, 0.2) is 0 Å². The molecule has 1 N–H and O–H groups in total. The molecule has 0 aliphatic rings. The summed E-state index contributed by atoms with van der Waals surface area (Å²) in [4.78, 5) is 14.5. The number of hydrogen-bond donors (Lipinski definition) is 1. The number of rotatable bonds is 1. The zero-order valence-corrected chi connectivity index (χ0v) is 9.18. The number of nitrogens with one attached hydrogen (secondary N) is 1. The van der Waals surface area contributed by atoms with Crippen molar-refractivity contribution in [1.82, 2.24) is 4.98 Å². The lowest BCUT2D eigenvalue weighted by Gasteiger charge is -2.06. The molecule has 0 unspecified atom stereocenters. The smallest absolute Gasteiger partial charge is 0.338 e. The minimum absolute atomic E-state index is 0.370. The Labute approximate surface area is 92.0 Å². The van der Waals surface area contributed by atoms with E-state index in [-0.39, 0.29) is 5.97 Å². The highest BCUT2D eigenvalue weighted by atomic mass is 35.5. The van der Waals surface area contributed by atoms with Crippen molar-refractivity contribution in [2.24, 2.45) is 0 Å². The second kappa shape index (κ2) is 3.59. The summed E-state index contributed by atoms with van der Waals surface area (Å²) in [5.41, 5.74) is 2.23. The molecule has 0 saturated heterocycles. The third kappa shape index (κ3) is 1.49. The molecule has 0 amide bonds. The van der Waals surface area contributed by atoms with Crippen LogP contribution in [0, 0.1) is 6.92 Å². The first-order chi connectivity index (χ1) is 7.15. The van der Waals surface area contributed by atoms with Crippen LogP contribution >= 0.6 is 11.6 Å². The average Bonchev–Trinajstić information content (AvgIpc) is 2.71. The van der Waals surface area contributed by atoms with Gasteiger partial charge in [-0.1, -0.05) is 11.6 Å². The van der Waals surface area contributed by atoms with Crippen molar-refractivity contribution in [2.45, 2.75) is 6.92 Å². The van der Waals surface area contributed by atoms with E-state index in [4.69, 9.17) is 11.6 Å². The molecule has 1 heterocycles. The minimum atomic E-state index is -0.370. The van der Waals surface area contributed by atoms with Crippen molar-refractivity contribution in [1.29, 1.82) is 0 Å². The number of halogens is 1. The van der Waals surface area contributed by atoms with Gasteiger partial charge in [-0.25, -0.2) is 4.79 Å². The minimum Gasteiger partial charge on any atom is -0.465 e. The maximum Gasteiger partial charge on any atom is 0.338 e. The van der Waals surface area contributed by atoms with Crippen molar-refractivity contribution < 1.29 is 9.53 Å². The SMILES string of the molecule is COC(=O)c1cc(Cl)c2cc[nH]c2c1C. The Balaban J connectivity index is 2.76. The molecule has 3 nitrogen and oxygen atoms in total.